The zero-order valence-electron chi connectivity index (χ0n) is 11.3. The fourth-order valence-corrected chi connectivity index (χ4v) is 2.28. The van der Waals surface area contributed by atoms with Crippen LogP contribution in [-0.4, -0.2) is 42.2 Å². The van der Waals surface area contributed by atoms with Gasteiger partial charge in [-0.1, -0.05) is 17.7 Å². The summed E-state index contributed by atoms with van der Waals surface area (Å²) in [4.78, 5) is 11.6. The van der Waals surface area contributed by atoms with Gasteiger partial charge < -0.3 is 15.7 Å². The van der Waals surface area contributed by atoms with E-state index in [0.29, 0.717) is 6.54 Å². The van der Waals surface area contributed by atoms with Crippen molar-refractivity contribution in [3.05, 3.63) is 29.8 Å². The number of aliphatic hydroxyl groups excluding tert-OH is 1. The summed E-state index contributed by atoms with van der Waals surface area (Å²) in [5, 5.41) is 14.6. The molecular weight excluding hydrogens is 260 g/mol. The summed E-state index contributed by atoms with van der Waals surface area (Å²) in [6.45, 7) is 3.40. The van der Waals surface area contributed by atoms with Gasteiger partial charge in [0.05, 0.1) is 6.54 Å². The molecule has 0 aliphatic heterocycles. The number of hydrogen-bond donors (Lipinski definition) is 3. The summed E-state index contributed by atoms with van der Waals surface area (Å²) in [6.07, 6.45) is 0.832. The van der Waals surface area contributed by atoms with Crippen molar-refractivity contribution in [3.8, 4) is 0 Å². The lowest BCUT2D eigenvalue weighted by atomic mass is 10.2. The molecule has 0 heterocycles. The van der Waals surface area contributed by atoms with Gasteiger partial charge >= 0.3 is 0 Å². The Bertz CT molecular complexity index is 368. The molecule has 0 atom stereocenters. The zero-order chi connectivity index (χ0) is 13.9. The zero-order valence-corrected chi connectivity index (χ0v) is 12.1. The van der Waals surface area contributed by atoms with Crippen LogP contribution in [0.4, 0.5) is 5.69 Å². The van der Waals surface area contributed by atoms with Crippen molar-refractivity contribution in [3.63, 3.8) is 0 Å². The summed E-state index contributed by atoms with van der Waals surface area (Å²) < 4.78 is 0. The summed E-state index contributed by atoms with van der Waals surface area (Å²) >= 11 is 1.78. The third-order valence-corrected chi connectivity index (χ3v) is 3.56. The van der Waals surface area contributed by atoms with Crippen LogP contribution in [0.2, 0.25) is 0 Å². The molecule has 106 valence electrons. The van der Waals surface area contributed by atoms with Crippen molar-refractivity contribution < 1.29 is 9.90 Å². The summed E-state index contributed by atoms with van der Waals surface area (Å²) in [6, 6.07) is 7.75. The molecule has 0 aromatic heterocycles. The third kappa shape index (κ3) is 7.87. The Morgan fingerprint density at radius 3 is 2.68 bits per heavy atom. The Morgan fingerprint density at radius 1 is 1.26 bits per heavy atom. The van der Waals surface area contributed by atoms with E-state index in [-0.39, 0.29) is 12.5 Å². The van der Waals surface area contributed by atoms with E-state index in [0.717, 1.165) is 30.2 Å². The molecule has 0 spiro atoms. The van der Waals surface area contributed by atoms with Crippen molar-refractivity contribution in [2.24, 2.45) is 0 Å². The SMILES string of the molecule is Cc1ccc(NC(=O)CNCCSCCCO)cc1. The molecule has 0 radical (unpaired) electrons. The lowest BCUT2D eigenvalue weighted by Crippen LogP contribution is -2.29. The minimum Gasteiger partial charge on any atom is -0.396 e. The first-order valence-corrected chi connectivity index (χ1v) is 7.63. The molecule has 5 heteroatoms. The Balaban J connectivity index is 2.06. The maximum absolute atomic E-state index is 11.6. The van der Waals surface area contributed by atoms with Gasteiger partial charge in [-0.25, -0.2) is 0 Å². The highest BCUT2D eigenvalue weighted by atomic mass is 32.2. The van der Waals surface area contributed by atoms with Crippen molar-refractivity contribution in [1.82, 2.24) is 5.32 Å². The molecule has 1 aromatic carbocycles. The number of benzene rings is 1. The van der Waals surface area contributed by atoms with Gasteiger partial charge in [0.15, 0.2) is 0 Å². The molecule has 0 bridgehead atoms. The minimum atomic E-state index is -0.0239. The number of carbonyl (C=O) groups excluding carboxylic acids is 1. The number of amides is 1. The van der Waals surface area contributed by atoms with E-state index in [2.05, 4.69) is 10.6 Å². The van der Waals surface area contributed by atoms with E-state index < -0.39 is 0 Å². The molecule has 4 nitrogen and oxygen atoms in total. The van der Waals surface area contributed by atoms with Crippen molar-refractivity contribution in [2.75, 3.05) is 36.5 Å². The highest BCUT2D eigenvalue weighted by Crippen LogP contribution is 2.07. The number of anilines is 1. The molecular formula is C14H22N2O2S. The molecule has 0 saturated carbocycles. The maximum Gasteiger partial charge on any atom is 0.238 e. The number of nitrogens with one attached hydrogen (secondary N) is 2. The van der Waals surface area contributed by atoms with Gasteiger partial charge in [0.1, 0.15) is 0 Å². The van der Waals surface area contributed by atoms with Gasteiger partial charge in [0.25, 0.3) is 0 Å². The molecule has 1 amide bonds. The fraction of sp³-hybridized carbons (Fsp3) is 0.500. The minimum absolute atomic E-state index is 0.0239. The summed E-state index contributed by atoms with van der Waals surface area (Å²) in [5.41, 5.74) is 2.01. The number of carbonyl (C=O) groups is 1. The topological polar surface area (TPSA) is 61.4 Å². The standard InChI is InChI=1S/C14H22N2O2S/c1-12-3-5-13(6-4-12)16-14(18)11-15-7-10-19-9-2-8-17/h3-6,15,17H,2,7-11H2,1H3,(H,16,18). The van der Waals surface area contributed by atoms with E-state index in [9.17, 15) is 4.79 Å². The molecule has 3 N–H and O–H groups in total. The Labute approximate surface area is 119 Å². The average molecular weight is 282 g/mol. The van der Waals surface area contributed by atoms with E-state index in [1.807, 2.05) is 31.2 Å². The lowest BCUT2D eigenvalue weighted by Gasteiger charge is -2.07. The number of aliphatic hydroxyl groups is 1. The van der Waals surface area contributed by atoms with Crippen molar-refractivity contribution in [2.45, 2.75) is 13.3 Å². The summed E-state index contributed by atoms with van der Waals surface area (Å²) in [5.74, 6) is 1.90. The first kappa shape index (κ1) is 16.0. The van der Waals surface area contributed by atoms with Crippen LogP contribution in [0.25, 0.3) is 0 Å². The Morgan fingerprint density at radius 2 is 2.00 bits per heavy atom. The molecule has 0 unspecified atom stereocenters. The quantitative estimate of drug-likeness (QED) is 0.603. The monoisotopic (exact) mass is 282 g/mol. The largest absolute Gasteiger partial charge is 0.396 e. The first-order chi connectivity index (χ1) is 9.22. The highest BCUT2D eigenvalue weighted by molar-refractivity contribution is 7.99. The smallest absolute Gasteiger partial charge is 0.238 e. The van der Waals surface area contributed by atoms with E-state index in [1.165, 1.54) is 5.56 Å². The number of aryl methyl sites for hydroxylation is 1. The van der Waals surface area contributed by atoms with Gasteiger partial charge in [-0.2, -0.15) is 11.8 Å². The normalized spacial score (nSPS) is 10.4. The second kappa shape index (κ2) is 9.83. The average Bonchev–Trinajstić information content (AvgIpc) is 2.40. The van der Waals surface area contributed by atoms with Gasteiger partial charge in [-0.05, 0) is 31.2 Å². The predicted molar refractivity (Wildman–Crippen MR) is 81.7 cm³/mol. The van der Waals surface area contributed by atoms with Gasteiger partial charge in [0, 0.05) is 24.6 Å². The molecule has 1 aromatic rings. The van der Waals surface area contributed by atoms with Crippen LogP contribution in [0, 0.1) is 6.92 Å². The molecule has 0 aliphatic rings. The second-order valence-electron chi connectivity index (χ2n) is 4.28. The molecule has 0 saturated heterocycles. The number of thioether (sulfide) groups is 1. The van der Waals surface area contributed by atoms with E-state index >= 15 is 0 Å². The van der Waals surface area contributed by atoms with Gasteiger partial charge in [-0.3, -0.25) is 4.79 Å². The Kier molecular flexibility index (Phi) is 8.29. The molecule has 19 heavy (non-hydrogen) atoms. The fourth-order valence-electron chi connectivity index (χ4n) is 1.46. The van der Waals surface area contributed by atoms with Crippen LogP contribution in [0.3, 0.4) is 0 Å². The van der Waals surface area contributed by atoms with Crippen LogP contribution in [0.5, 0.6) is 0 Å². The van der Waals surface area contributed by atoms with Gasteiger partial charge in [-0.15, -0.1) is 0 Å². The predicted octanol–water partition coefficient (Wildman–Crippen LogP) is 1.64. The van der Waals surface area contributed by atoms with E-state index in [4.69, 9.17) is 5.11 Å². The maximum atomic E-state index is 11.6. The van der Waals surface area contributed by atoms with Crippen molar-refractivity contribution >= 4 is 23.4 Å². The van der Waals surface area contributed by atoms with Crippen LogP contribution in [0.1, 0.15) is 12.0 Å². The van der Waals surface area contributed by atoms with Crippen LogP contribution < -0.4 is 10.6 Å². The number of rotatable bonds is 9. The second-order valence-corrected chi connectivity index (χ2v) is 5.51. The number of hydrogen-bond acceptors (Lipinski definition) is 4. The van der Waals surface area contributed by atoms with Gasteiger partial charge in [0.2, 0.25) is 5.91 Å². The third-order valence-electron chi connectivity index (χ3n) is 2.49. The summed E-state index contributed by atoms with van der Waals surface area (Å²) in [7, 11) is 0. The van der Waals surface area contributed by atoms with E-state index in [1.54, 1.807) is 11.8 Å². The van der Waals surface area contributed by atoms with Crippen molar-refractivity contribution in [1.29, 1.82) is 0 Å². The highest BCUT2D eigenvalue weighted by Gasteiger charge is 2.01. The molecule has 0 fully saturated rings. The molecule has 0 aliphatic carbocycles. The van der Waals surface area contributed by atoms with Crippen LogP contribution in [0.15, 0.2) is 24.3 Å². The lowest BCUT2D eigenvalue weighted by molar-refractivity contribution is -0.115. The first-order valence-electron chi connectivity index (χ1n) is 6.48. The van der Waals surface area contributed by atoms with Crippen LogP contribution in [-0.2, 0) is 4.79 Å². The molecule has 1 rings (SSSR count). The van der Waals surface area contributed by atoms with Crippen LogP contribution >= 0.6 is 11.8 Å². The Hall–Kier alpha value is -1.04.